The van der Waals surface area contributed by atoms with Crippen molar-refractivity contribution in [2.24, 2.45) is 0 Å². The van der Waals surface area contributed by atoms with Gasteiger partial charge in [0, 0.05) is 11.1 Å². The van der Waals surface area contributed by atoms with Crippen molar-refractivity contribution in [1.82, 2.24) is 0 Å². The maximum absolute atomic E-state index is 13.1. The van der Waals surface area contributed by atoms with E-state index in [1.165, 1.54) is 24.3 Å². The van der Waals surface area contributed by atoms with Gasteiger partial charge >= 0.3 is 0 Å². The first kappa shape index (κ1) is 21.7. The molecular formula is C21H22O10. The second kappa shape index (κ2) is 7.53. The van der Waals surface area contributed by atoms with E-state index in [0.717, 1.165) is 6.07 Å². The van der Waals surface area contributed by atoms with Crippen LogP contribution in [0, 0.1) is 0 Å². The van der Waals surface area contributed by atoms with E-state index in [4.69, 9.17) is 4.74 Å². The van der Waals surface area contributed by atoms with Crippen LogP contribution >= 0.6 is 0 Å². The molecular weight excluding hydrogens is 412 g/mol. The molecule has 0 unspecified atom stereocenters. The third kappa shape index (κ3) is 2.96. The van der Waals surface area contributed by atoms with Gasteiger partial charge in [-0.25, -0.2) is 0 Å². The lowest BCUT2D eigenvalue weighted by Gasteiger charge is -2.49. The molecule has 166 valence electrons. The molecule has 0 aromatic heterocycles. The number of ketones is 1. The van der Waals surface area contributed by atoms with E-state index < -0.39 is 66.6 Å². The highest BCUT2D eigenvalue weighted by atomic mass is 16.6. The number of phenols is 2. The fourth-order valence-corrected chi connectivity index (χ4v) is 4.44. The molecule has 0 spiro atoms. The summed E-state index contributed by atoms with van der Waals surface area (Å²) in [6.07, 6.45) is -8.49. The predicted molar refractivity (Wildman–Crippen MR) is 102 cm³/mol. The van der Waals surface area contributed by atoms with Crippen LogP contribution in [0.2, 0.25) is 0 Å². The lowest BCUT2D eigenvalue weighted by Crippen LogP contribution is -2.65. The van der Waals surface area contributed by atoms with E-state index in [1.807, 2.05) is 0 Å². The summed E-state index contributed by atoms with van der Waals surface area (Å²) in [7, 11) is 0. The number of carbonyl (C=O) groups is 1. The summed E-state index contributed by atoms with van der Waals surface area (Å²) in [6, 6.07) is 6.21. The van der Waals surface area contributed by atoms with Gasteiger partial charge in [0.15, 0.2) is 0 Å². The minimum Gasteiger partial charge on any atom is -0.507 e. The monoisotopic (exact) mass is 434 g/mol. The van der Waals surface area contributed by atoms with E-state index in [0.29, 0.717) is 0 Å². The number of fused-ring (bicyclic) bond motifs is 2. The number of phenolic OH excluding ortho intramolecular Hbond substituents is 2. The smallest absolute Gasteiger partial charge is 0.201 e. The van der Waals surface area contributed by atoms with E-state index >= 15 is 0 Å². The molecule has 1 aliphatic heterocycles. The molecule has 0 radical (unpaired) electrons. The molecule has 8 N–H and O–H groups in total. The van der Waals surface area contributed by atoms with Crippen LogP contribution in [0.4, 0.5) is 0 Å². The summed E-state index contributed by atoms with van der Waals surface area (Å²) in [5.41, 5.74) is -3.43. The number of carbonyl (C=O) groups excluding carboxylic acids is 1. The van der Waals surface area contributed by atoms with Crippen LogP contribution in [-0.4, -0.2) is 83.8 Å². The molecule has 6 atom stereocenters. The van der Waals surface area contributed by atoms with Gasteiger partial charge in [-0.15, -0.1) is 0 Å². The van der Waals surface area contributed by atoms with Crippen molar-refractivity contribution in [2.45, 2.75) is 42.7 Å². The fourth-order valence-electron chi connectivity index (χ4n) is 4.44. The number of aliphatic hydroxyl groups excluding tert-OH is 5. The first-order valence-electron chi connectivity index (χ1n) is 9.54. The van der Waals surface area contributed by atoms with Crippen molar-refractivity contribution in [2.75, 3.05) is 6.61 Å². The molecule has 1 aliphatic carbocycles. The highest BCUT2D eigenvalue weighted by molar-refractivity contribution is 6.16. The predicted octanol–water partition coefficient (Wildman–Crippen LogP) is -1.79. The lowest BCUT2D eigenvalue weighted by atomic mass is 9.68. The topological polar surface area (TPSA) is 188 Å². The van der Waals surface area contributed by atoms with Gasteiger partial charge in [-0.1, -0.05) is 12.1 Å². The Bertz CT molecular complexity index is 1040. The molecule has 2 aliphatic rings. The molecule has 31 heavy (non-hydrogen) atoms. The largest absolute Gasteiger partial charge is 0.507 e. The summed E-state index contributed by atoms with van der Waals surface area (Å²) in [5.74, 6) is -1.88. The SMILES string of the molecule is O=C1c2c(O)cccc2[C@](O)([C@H]2O[C@H](CO)[C@@H](O)[C@H](O)[C@@H]2O)c2cc(CO)cc(O)c21. The molecule has 10 nitrogen and oxygen atoms in total. The van der Waals surface area contributed by atoms with E-state index in [2.05, 4.69) is 0 Å². The van der Waals surface area contributed by atoms with Crippen LogP contribution in [0.25, 0.3) is 0 Å². The standard InChI is InChI=1S/C21H22O10/c22-6-8-4-10-15(12(25)5-8)17(27)14-9(2-1-3-11(14)24)21(10,30)20-19(29)18(28)16(26)13(7-23)31-20/h1-5,13,16,18-20,22-26,28-30H,6-7H2/t13-,16-,18+,19+,20+,21-/m1/s1. The number of aliphatic hydroxyl groups is 6. The van der Waals surface area contributed by atoms with E-state index in [9.17, 15) is 45.6 Å². The number of hydrogen-bond donors (Lipinski definition) is 8. The maximum atomic E-state index is 13.1. The Kier molecular flexibility index (Phi) is 5.26. The second-order valence-electron chi connectivity index (χ2n) is 7.74. The summed E-state index contributed by atoms with van der Waals surface area (Å²) >= 11 is 0. The first-order valence-corrected chi connectivity index (χ1v) is 9.54. The van der Waals surface area contributed by atoms with Crippen LogP contribution < -0.4 is 0 Å². The van der Waals surface area contributed by atoms with Gasteiger partial charge in [0.25, 0.3) is 0 Å². The third-order valence-electron chi connectivity index (χ3n) is 5.98. The minimum atomic E-state index is -2.42. The summed E-state index contributed by atoms with van der Waals surface area (Å²) < 4.78 is 5.58. The molecule has 0 saturated carbocycles. The maximum Gasteiger partial charge on any atom is 0.201 e. The minimum absolute atomic E-state index is 0.135. The van der Waals surface area contributed by atoms with Gasteiger partial charge in [0.1, 0.15) is 47.6 Å². The highest BCUT2D eigenvalue weighted by Gasteiger charge is 2.57. The van der Waals surface area contributed by atoms with Crippen molar-refractivity contribution in [3.05, 3.63) is 58.1 Å². The Hall–Kier alpha value is -2.57. The van der Waals surface area contributed by atoms with Crippen molar-refractivity contribution in [1.29, 1.82) is 0 Å². The number of aromatic hydroxyl groups is 2. The molecule has 2 aromatic carbocycles. The molecule has 1 fully saturated rings. The van der Waals surface area contributed by atoms with Gasteiger partial charge in [-0.3, -0.25) is 4.79 Å². The zero-order valence-corrected chi connectivity index (χ0v) is 16.1. The number of ether oxygens (including phenoxy) is 1. The number of benzene rings is 2. The average Bonchev–Trinajstić information content (AvgIpc) is 2.75. The Labute approximate surface area is 175 Å². The van der Waals surface area contributed by atoms with Crippen LogP contribution in [0.1, 0.15) is 32.6 Å². The highest BCUT2D eigenvalue weighted by Crippen LogP contribution is 2.50. The summed E-state index contributed by atoms with van der Waals surface area (Å²) in [6.45, 7) is -1.30. The van der Waals surface area contributed by atoms with E-state index in [-0.39, 0.29) is 27.8 Å². The Morgan fingerprint density at radius 1 is 0.903 bits per heavy atom. The normalized spacial score (nSPS) is 32.5. The molecule has 0 amide bonds. The van der Waals surface area contributed by atoms with Gasteiger partial charge in [0.05, 0.1) is 24.3 Å². The number of rotatable bonds is 3. The summed E-state index contributed by atoms with van der Waals surface area (Å²) in [5, 5.41) is 83.0. The number of hydrogen-bond acceptors (Lipinski definition) is 10. The van der Waals surface area contributed by atoms with Crippen LogP contribution in [0.5, 0.6) is 11.5 Å². The quantitative estimate of drug-likeness (QED) is 0.274. The van der Waals surface area contributed by atoms with Crippen molar-refractivity contribution in [3.63, 3.8) is 0 Å². The molecule has 4 rings (SSSR count). The molecule has 0 bridgehead atoms. The van der Waals surface area contributed by atoms with Crippen LogP contribution in [0.3, 0.4) is 0 Å². The zero-order valence-electron chi connectivity index (χ0n) is 16.1. The zero-order chi connectivity index (χ0) is 22.7. The molecule has 1 saturated heterocycles. The van der Waals surface area contributed by atoms with Crippen LogP contribution in [0.15, 0.2) is 30.3 Å². The van der Waals surface area contributed by atoms with Gasteiger partial charge in [0.2, 0.25) is 5.78 Å². The summed E-state index contributed by atoms with van der Waals surface area (Å²) in [4.78, 5) is 13.1. The molecule has 2 aromatic rings. The van der Waals surface area contributed by atoms with Gasteiger partial charge in [-0.05, 0) is 23.8 Å². The van der Waals surface area contributed by atoms with Gasteiger partial charge in [-0.2, -0.15) is 0 Å². The molecule has 10 heteroatoms. The Morgan fingerprint density at radius 2 is 1.58 bits per heavy atom. The van der Waals surface area contributed by atoms with Crippen molar-refractivity contribution < 1.29 is 50.4 Å². The lowest BCUT2D eigenvalue weighted by molar-refractivity contribution is -0.265. The average molecular weight is 434 g/mol. The first-order chi connectivity index (χ1) is 14.7. The van der Waals surface area contributed by atoms with Gasteiger partial charge < -0.3 is 45.6 Å². The van der Waals surface area contributed by atoms with Crippen LogP contribution in [-0.2, 0) is 16.9 Å². The van der Waals surface area contributed by atoms with Crippen molar-refractivity contribution >= 4 is 5.78 Å². The third-order valence-corrected chi connectivity index (χ3v) is 5.98. The van der Waals surface area contributed by atoms with E-state index in [1.54, 1.807) is 0 Å². The van der Waals surface area contributed by atoms with Crippen molar-refractivity contribution in [3.8, 4) is 11.5 Å². The second-order valence-corrected chi connectivity index (χ2v) is 7.74. The fraction of sp³-hybridized carbons (Fsp3) is 0.381. The molecule has 1 heterocycles. The Balaban J connectivity index is 2.04. The Morgan fingerprint density at radius 3 is 2.23 bits per heavy atom.